The van der Waals surface area contributed by atoms with Crippen molar-refractivity contribution in [2.24, 2.45) is 0 Å². The molecule has 0 unspecified atom stereocenters. The summed E-state index contributed by atoms with van der Waals surface area (Å²) in [5.74, 6) is 0.706. The average molecular weight is 770 g/mol. The molecule has 3 heteroatoms. The molecule has 9 aromatic rings. The zero-order valence-electron chi connectivity index (χ0n) is 33.4. The normalized spacial score (nSPS) is 13.8. The van der Waals surface area contributed by atoms with Gasteiger partial charge in [0.2, 0.25) is 0 Å². The second-order valence-electron chi connectivity index (χ2n) is 16.3. The Hall–Kier alpha value is -7.23. The summed E-state index contributed by atoms with van der Waals surface area (Å²) in [5.41, 5.74) is 20.5. The summed E-state index contributed by atoms with van der Waals surface area (Å²) in [7, 11) is 0. The Balaban J connectivity index is 0.864. The molecule has 0 N–H and O–H groups in total. The number of aromatic nitrogens is 3. The third-order valence-corrected chi connectivity index (χ3v) is 12.8. The average Bonchev–Trinajstić information content (AvgIpc) is 3.60. The van der Waals surface area contributed by atoms with E-state index in [-0.39, 0.29) is 5.41 Å². The summed E-state index contributed by atoms with van der Waals surface area (Å²) in [6.07, 6.45) is 10.1. The lowest BCUT2D eigenvalue weighted by Crippen LogP contribution is -2.28. The van der Waals surface area contributed by atoms with E-state index in [1.54, 1.807) is 11.8 Å². The minimum atomic E-state index is 0.163. The van der Waals surface area contributed by atoms with Gasteiger partial charge in [-0.25, -0.2) is 9.97 Å². The van der Waals surface area contributed by atoms with Crippen LogP contribution in [0, 0.1) is 0 Å². The Bertz CT molecular complexity index is 2960. The zero-order valence-corrected chi connectivity index (χ0v) is 33.4. The Morgan fingerprint density at radius 2 is 0.833 bits per heavy atom. The molecule has 60 heavy (non-hydrogen) atoms. The molecule has 2 aliphatic carbocycles. The lowest BCUT2D eigenvalue weighted by Gasteiger charge is -2.36. The molecule has 0 atom stereocenters. The van der Waals surface area contributed by atoms with Crippen LogP contribution in [0.25, 0.3) is 89.5 Å². The Kier molecular flexibility index (Phi) is 9.08. The number of benzene rings is 7. The Morgan fingerprint density at radius 3 is 1.45 bits per heavy atom. The van der Waals surface area contributed by atoms with Crippen molar-refractivity contribution >= 4 is 0 Å². The van der Waals surface area contributed by atoms with Gasteiger partial charge in [-0.2, -0.15) is 0 Å². The fourth-order valence-corrected chi connectivity index (χ4v) is 9.72. The Labute approximate surface area is 352 Å². The summed E-state index contributed by atoms with van der Waals surface area (Å²) in [4.78, 5) is 14.4. The first-order chi connectivity index (χ1) is 29.7. The largest absolute Gasteiger partial charge is 0.264 e. The molecule has 3 nitrogen and oxygen atoms in total. The van der Waals surface area contributed by atoms with E-state index in [4.69, 9.17) is 9.97 Å². The molecule has 0 bridgehead atoms. The first-order valence-corrected chi connectivity index (χ1v) is 21.2. The van der Waals surface area contributed by atoms with Crippen LogP contribution in [0.5, 0.6) is 0 Å². The predicted molar refractivity (Wildman–Crippen MR) is 247 cm³/mol. The van der Waals surface area contributed by atoms with Crippen molar-refractivity contribution in [3.63, 3.8) is 0 Å². The van der Waals surface area contributed by atoms with Crippen LogP contribution < -0.4 is 0 Å². The minimum absolute atomic E-state index is 0.163. The molecule has 1 fully saturated rings. The molecule has 7 aromatic carbocycles. The molecule has 0 aliphatic heterocycles. The first-order valence-electron chi connectivity index (χ1n) is 21.2. The quantitative estimate of drug-likeness (QED) is 0.162. The van der Waals surface area contributed by atoms with E-state index in [2.05, 4.69) is 169 Å². The molecule has 2 aromatic heterocycles. The summed E-state index contributed by atoms with van der Waals surface area (Å²) in [5, 5.41) is 0. The van der Waals surface area contributed by atoms with Crippen LogP contribution in [0.15, 0.2) is 200 Å². The van der Waals surface area contributed by atoms with Gasteiger partial charge < -0.3 is 0 Å². The highest BCUT2D eigenvalue weighted by atomic mass is 14.9. The summed E-state index contributed by atoms with van der Waals surface area (Å²) in [6, 6.07) is 68.0. The molecule has 2 aliphatic rings. The van der Waals surface area contributed by atoms with Gasteiger partial charge in [-0.15, -0.1) is 0 Å². The van der Waals surface area contributed by atoms with Gasteiger partial charge in [-0.05, 0) is 104 Å². The lowest BCUT2D eigenvalue weighted by atomic mass is 9.67. The van der Waals surface area contributed by atoms with Crippen LogP contribution >= 0.6 is 0 Å². The molecule has 1 saturated carbocycles. The van der Waals surface area contributed by atoms with Crippen LogP contribution in [-0.2, 0) is 5.41 Å². The first kappa shape index (κ1) is 35.9. The third kappa shape index (κ3) is 6.53. The molecule has 286 valence electrons. The minimum Gasteiger partial charge on any atom is -0.264 e. The molecular formula is C57H43N3. The molecule has 1 spiro atoms. The highest BCUT2D eigenvalue weighted by Gasteiger charge is 2.43. The summed E-state index contributed by atoms with van der Waals surface area (Å²) in [6.45, 7) is 0. The fraction of sp³-hybridized carbons (Fsp3) is 0.105. The van der Waals surface area contributed by atoms with E-state index in [1.807, 2.05) is 30.5 Å². The maximum Gasteiger partial charge on any atom is 0.160 e. The van der Waals surface area contributed by atoms with Crippen molar-refractivity contribution in [3.8, 4) is 89.5 Å². The van der Waals surface area contributed by atoms with Gasteiger partial charge in [-0.1, -0.05) is 183 Å². The highest BCUT2D eigenvalue weighted by Crippen LogP contribution is 2.56. The standard InChI is InChI=1S/C57H43N3/c1-3-11-45(12-4-1)56-59-54(37-55(60-56)44-28-24-42(25-29-44)49-15-10-34-58-38-49)43-26-22-40(23-27-43)47-14-9-13-46(35-47)39-18-20-41(21-19-39)48-30-31-51-50-16-5-6-17-52(50)57(53(51)36-48)32-7-2-8-33-57/h1,3-6,9-31,34-38H,2,7-8,32-33H2. The van der Waals surface area contributed by atoms with Crippen LogP contribution in [0.4, 0.5) is 0 Å². The van der Waals surface area contributed by atoms with Gasteiger partial charge in [0.25, 0.3) is 0 Å². The predicted octanol–water partition coefficient (Wildman–Crippen LogP) is 14.8. The van der Waals surface area contributed by atoms with Gasteiger partial charge in [-0.3, -0.25) is 4.98 Å². The van der Waals surface area contributed by atoms with E-state index in [0.717, 1.165) is 44.8 Å². The number of rotatable bonds is 7. The highest BCUT2D eigenvalue weighted by molar-refractivity contribution is 5.85. The zero-order chi connectivity index (χ0) is 39.9. The van der Waals surface area contributed by atoms with E-state index < -0.39 is 0 Å². The van der Waals surface area contributed by atoms with Gasteiger partial charge in [0.05, 0.1) is 11.4 Å². The number of pyridine rings is 1. The van der Waals surface area contributed by atoms with Gasteiger partial charge >= 0.3 is 0 Å². The topological polar surface area (TPSA) is 38.7 Å². The number of hydrogen-bond donors (Lipinski definition) is 0. The molecular weight excluding hydrogens is 727 g/mol. The van der Waals surface area contributed by atoms with Gasteiger partial charge in [0.15, 0.2) is 5.82 Å². The molecule has 0 radical (unpaired) electrons. The third-order valence-electron chi connectivity index (χ3n) is 12.8. The maximum absolute atomic E-state index is 5.08. The molecule has 0 amide bonds. The fourth-order valence-electron chi connectivity index (χ4n) is 9.72. The van der Waals surface area contributed by atoms with Crippen molar-refractivity contribution < 1.29 is 0 Å². The molecule has 0 saturated heterocycles. The maximum atomic E-state index is 5.08. The number of fused-ring (bicyclic) bond motifs is 5. The van der Waals surface area contributed by atoms with Gasteiger partial charge in [0.1, 0.15) is 0 Å². The van der Waals surface area contributed by atoms with Crippen molar-refractivity contribution in [2.75, 3.05) is 0 Å². The van der Waals surface area contributed by atoms with E-state index in [1.165, 1.54) is 76.6 Å². The number of hydrogen-bond acceptors (Lipinski definition) is 3. The van der Waals surface area contributed by atoms with Crippen LogP contribution in [0.1, 0.15) is 43.2 Å². The Morgan fingerprint density at radius 1 is 0.333 bits per heavy atom. The van der Waals surface area contributed by atoms with Crippen LogP contribution in [0.2, 0.25) is 0 Å². The number of nitrogens with zero attached hydrogens (tertiary/aromatic N) is 3. The molecule has 2 heterocycles. The van der Waals surface area contributed by atoms with Crippen molar-refractivity contribution in [2.45, 2.75) is 37.5 Å². The van der Waals surface area contributed by atoms with E-state index in [0.29, 0.717) is 5.82 Å². The summed E-state index contributed by atoms with van der Waals surface area (Å²) >= 11 is 0. The summed E-state index contributed by atoms with van der Waals surface area (Å²) < 4.78 is 0. The smallest absolute Gasteiger partial charge is 0.160 e. The lowest BCUT2D eigenvalue weighted by molar-refractivity contribution is 0.353. The van der Waals surface area contributed by atoms with E-state index >= 15 is 0 Å². The second kappa shape index (κ2) is 15.2. The van der Waals surface area contributed by atoms with Crippen molar-refractivity contribution in [1.82, 2.24) is 15.0 Å². The van der Waals surface area contributed by atoms with Crippen LogP contribution in [-0.4, -0.2) is 15.0 Å². The monoisotopic (exact) mass is 769 g/mol. The SMILES string of the molecule is c1ccc(-c2nc(-c3ccc(-c4cccnc4)cc3)cc(-c3ccc(-c4cccc(-c5ccc(-c6ccc7c(c6)C6(CCCCC6)c6ccccc6-7)cc5)c4)cc3)n2)cc1. The molecule has 11 rings (SSSR count). The van der Waals surface area contributed by atoms with Gasteiger partial charge in [0, 0.05) is 34.5 Å². The second-order valence-corrected chi connectivity index (χ2v) is 16.3. The van der Waals surface area contributed by atoms with Crippen molar-refractivity contribution in [3.05, 3.63) is 212 Å². The van der Waals surface area contributed by atoms with Crippen molar-refractivity contribution in [1.29, 1.82) is 0 Å². The van der Waals surface area contributed by atoms with Crippen LogP contribution in [0.3, 0.4) is 0 Å². The van der Waals surface area contributed by atoms with E-state index in [9.17, 15) is 0 Å².